The number of likely N-dealkylation sites (tertiary alicyclic amines) is 1. The van der Waals surface area contributed by atoms with Crippen LogP contribution < -0.4 is 5.32 Å². The summed E-state index contributed by atoms with van der Waals surface area (Å²) in [6.45, 7) is 2.87. The van der Waals surface area contributed by atoms with Gasteiger partial charge in [-0.1, -0.05) is 13.3 Å². The molecule has 1 rings (SSSR count). The summed E-state index contributed by atoms with van der Waals surface area (Å²) in [4.78, 5) is 25.1. The van der Waals surface area contributed by atoms with Crippen molar-refractivity contribution in [2.45, 2.75) is 39.0 Å². The van der Waals surface area contributed by atoms with Gasteiger partial charge in [-0.15, -0.1) is 0 Å². The van der Waals surface area contributed by atoms with E-state index in [9.17, 15) is 18.0 Å². The zero-order valence-electron chi connectivity index (χ0n) is 12.1. The van der Waals surface area contributed by atoms with Crippen LogP contribution in [0.1, 0.15) is 39.0 Å². The first-order valence-corrected chi connectivity index (χ1v) is 9.01. The van der Waals surface area contributed by atoms with Crippen LogP contribution in [0.25, 0.3) is 0 Å². The molecular formula is C13H24N2O4S. The predicted octanol–water partition coefficient (Wildman–Crippen LogP) is 0.330. The van der Waals surface area contributed by atoms with Crippen molar-refractivity contribution in [1.82, 2.24) is 10.2 Å². The average Bonchev–Trinajstić information content (AvgIpc) is 2.61. The van der Waals surface area contributed by atoms with Crippen LogP contribution in [0.5, 0.6) is 0 Å². The molecule has 1 heterocycles. The molecule has 0 saturated carbocycles. The summed E-state index contributed by atoms with van der Waals surface area (Å²) in [5, 5.41) is 2.59. The van der Waals surface area contributed by atoms with E-state index in [2.05, 4.69) is 5.32 Å². The van der Waals surface area contributed by atoms with E-state index in [0.29, 0.717) is 13.0 Å². The van der Waals surface area contributed by atoms with Crippen molar-refractivity contribution in [2.24, 2.45) is 0 Å². The molecule has 0 aliphatic carbocycles. The fourth-order valence-corrected chi connectivity index (χ4v) is 2.79. The van der Waals surface area contributed by atoms with Crippen LogP contribution in [0.3, 0.4) is 0 Å². The van der Waals surface area contributed by atoms with Crippen molar-refractivity contribution in [3.8, 4) is 0 Å². The van der Waals surface area contributed by atoms with Crippen LogP contribution in [-0.2, 0) is 19.4 Å². The Morgan fingerprint density at radius 3 is 2.75 bits per heavy atom. The summed E-state index contributed by atoms with van der Waals surface area (Å²) < 4.78 is 22.5. The number of carbonyl (C=O) groups excluding carboxylic acids is 2. The fraction of sp³-hybridized carbons (Fsp3) is 0.846. The lowest BCUT2D eigenvalue weighted by Gasteiger charge is -2.20. The molecule has 0 unspecified atom stereocenters. The molecule has 2 amide bonds. The lowest BCUT2D eigenvalue weighted by molar-refractivity contribution is -0.131. The highest BCUT2D eigenvalue weighted by Gasteiger charge is 2.17. The Kier molecular flexibility index (Phi) is 6.98. The third kappa shape index (κ3) is 6.36. The molecule has 0 spiro atoms. The van der Waals surface area contributed by atoms with Gasteiger partial charge in [0.2, 0.25) is 11.8 Å². The number of sulfone groups is 1. The van der Waals surface area contributed by atoms with Crippen LogP contribution >= 0.6 is 0 Å². The van der Waals surface area contributed by atoms with Gasteiger partial charge in [-0.2, -0.15) is 0 Å². The highest BCUT2D eigenvalue weighted by atomic mass is 32.2. The van der Waals surface area contributed by atoms with Crippen molar-refractivity contribution in [3.05, 3.63) is 0 Å². The van der Waals surface area contributed by atoms with Gasteiger partial charge in [0.05, 0.1) is 5.75 Å². The third-order valence-electron chi connectivity index (χ3n) is 3.46. The van der Waals surface area contributed by atoms with Crippen LogP contribution in [0, 0.1) is 0 Å². The number of amides is 2. The normalized spacial score (nSPS) is 16.9. The Labute approximate surface area is 120 Å². The van der Waals surface area contributed by atoms with E-state index in [0.717, 1.165) is 25.8 Å². The van der Waals surface area contributed by atoms with Crippen LogP contribution in [0.15, 0.2) is 0 Å². The molecule has 0 radical (unpaired) electrons. The molecule has 0 aromatic rings. The zero-order chi connectivity index (χ0) is 15.0. The van der Waals surface area contributed by atoms with Crippen LogP contribution in [0.2, 0.25) is 0 Å². The highest BCUT2D eigenvalue weighted by Crippen LogP contribution is 2.11. The maximum atomic E-state index is 11.7. The predicted molar refractivity (Wildman–Crippen MR) is 77.0 cm³/mol. The smallest absolute Gasteiger partial charge is 0.222 e. The third-order valence-corrected chi connectivity index (χ3v) is 5.16. The molecule has 20 heavy (non-hydrogen) atoms. The van der Waals surface area contributed by atoms with Gasteiger partial charge < -0.3 is 10.2 Å². The highest BCUT2D eigenvalue weighted by molar-refractivity contribution is 7.91. The van der Waals surface area contributed by atoms with E-state index < -0.39 is 9.84 Å². The van der Waals surface area contributed by atoms with E-state index >= 15 is 0 Å². The summed E-state index contributed by atoms with van der Waals surface area (Å²) >= 11 is 0. The minimum absolute atomic E-state index is 0.0299. The number of carbonyl (C=O) groups is 2. The fourth-order valence-electron chi connectivity index (χ4n) is 2.09. The number of hydrogen-bond donors (Lipinski definition) is 1. The summed E-state index contributed by atoms with van der Waals surface area (Å²) in [5.41, 5.74) is 0. The molecular weight excluding hydrogens is 280 g/mol. The topological polar surface area (TPSA) is 83.6 Å². The second-order valence-corrected chi connectivity index (χ2v) is 7.50. The summed E-state index contributed by atoms with van der Waals surface area (Å²) in [7, 11) is -3.04. The number of rotatable bonds is 7. The van der Waals surface area contributed by atoms with Gasteiger partial charge in [0.15, 0.2) is 9.84 Å². The zero-order valence-corrected chi connectivity index (χ0v) is 12.9. The van der Waals surface area contributed by atoms with Crippen molar-refractivity contribution in [1.29, 1.82) is 0 Å². The van der Waals surface area contributed by atoms with Gasteiger partial charge in [-0.05, 0) is 12.8 Å². The maximum Gasteiger partial charge on any atom is 0.222 e. The second kappa shape index (κ2) is 8.24. The molecule has 6 nitrogen and oxygen atoms in total. The van der Waals surface area contributed by atoms with Crippen molar-refractivity contribution in [2.75, 3.05) is 31.1 Å². The van der Waals surface area contributed by atoms with Crippen LogP contribution in [0.4, 0.5) is 0 Å². The molecule has 1 aliphatic heterocycles. The quantitative estimate of drug-likeness (QED) is 0.734. The van der Waals surface area contributed by atoms with Gasteiger partial charge in [0.25, 0.3) is 0 Å². The first-order chi connectivity index (χ1) is 9.44. The van der Waals surface area contributed by atoms with Crippen LogP contribution in [-0.4, -0.2) is 56.3 Å². The molecule has 1 saturated heterocycles. The van der Waals surface area contributed by atoms with Gasteiger partial charge in [-0.3, -0.25) is 9.59 Å². The van der Waals surface area contributed by atoms with Gasteiger partial charge in [0.1, 0.15) is 0 Å². The van der Waals surface area contributed by atoms with E-state index in [4.69, 9.17) is 0 Å². The molecule has 116 valence electrons. The molecule has 0 aromatic heterocycles. The van der Waals surface area contributed by atoms with E-state index in [1.54, 1.807) is 11.8 Å². The van der Waals surface area contributed by atoms with E-state index in [1.807, 2.05) is 0 Å². The lowest BCUT2D eigenvalue weighted by Crippen LogP contribution is -2.36. The van der Waals surface area contributed by atoms with Crippen molar-refractivity contribution in [3.63, 3.8) is 0 Å². The minimum Gasteiger partial charge on any atom is -0.355 e. The first kappa shape index (κ1) is 16.9. The largest absolute Gasteiger partial charge is 0.355 e. The van der Waals surface area contributed by atoms with Crippen molar-refractivity contribution >= 4 is 21.7 Å². The molecule has 0 bridgehead atoms. The maximum absolute atomic E-state index is 11.7. The SMILES string of the molecule is CCS(=O)(=O)CCNC(=O)CCN1CCCCCC1=O. The molecule has 0 aromatic carbocycles. The minimum atomic E-state index is -3.04. The van der Waals surface area contributed by atoms with Crippen molar-refractivity contribution < 1.29 is 18.0 Å². The van der Waals surface area contributed by atoms with Gasteiger partial charge in [0, 0.05) is 38.2 Å². The monoisotopic (exact) mass is 304 g/mol. The molecule has 1 fully saturated rings. The summed E-state index contributed by atoms with van der Waals surface area (Å²) in [5.74, 6) is -0.0273. The molecule has 7 heteroatoms. The molecule has 0 atom stereocenters. The average molecular weight is 304 g/mol. The number of hydrogen-bond acceptors (Lipinski definition) is 4. The van der Waals surface area contributed by atoms with Gasteiger partial charge in [-0.25, -0.2) is 8.42 Å². The summed E-state index contributed by atoms with van der Waals surface area (Å²) in [6.07, 6.45) is 3.77. The lowest BCUT2D eigenvalue weighted by atomic mass is 10.2. The molecule has 1 N–H and O–H groups in total. The summed E-state index contributed by atoms with van der Waals surface area (Å²) in [6, 6.07) is 0. The van der Waals surface area contributed by atoms with E-state index in [1.165, 1.54) is 0 Å². The first-order valence-electron chi connectivity index (χ1n) is 7.19. The van der Waals surface area contributed by atoms with Gasteiger partial charge >= 0.3 is 0 Å². The Bertz CT molecular complexity index is 434. The number of nitrogens with zero attached hydrogens (tertiary/aromatic N) is 1. The Hall–Kier alpha value is -1.11. The Balaban J connectivity index is 2.24. The van der Waals surface area contributed by atoms with E-state index in [-0.39, 0.29) is 36.3 Å². The Morgan fingerprint density at radius 1 is 1.30 bits per heavy atom. The Morgan fingerprint density at radius 2 is 2.05 bits per heavy atom. The second-order valence-electron chi connectivity index (χ2n) is 5.03. The standard InChI is InChI=1S/C13H24N2O4S/c1-2-20(18,19)11-8-14-12(16)7-10-15-9-5-3-4-6-13(15)17/h2-11H2,1H3,(H,14,16). The number of nitrogens with one attached hydrogen (secondary N) is 1. The molecule has 1 aliphatic rings.